The first-order valence-electron chi connectivity index (χ1n) is 6.46. The van der Waals surface area contributed by atoms with Gasteiger partial charge in [0.15, 0.2) is 0 Å². The van der Waals surface area contributed by atoms with Crippen molar-refractivity contribution in [1.29, 1.82) is 0 Å². The molecule has 0 aromatic carbocycles. The summed E-state index contributed by atoms with van der Waals surface area (Å²) in [7, 11) is 0. The molecule has 100 valence electrons. The third-order valence-electron chi connectivity index (χ3n) is 3.12. The zero-order valence-electron chi connectivity index (χ0n) is 11.0. The topological polar surface area (TPSA) is 31.4 Å². The van der Waals surface area contributed by atoms with E-state index in [-0.39, 0.29) is 0 Å². The molecule has 0 spiro atoms. The monoisotopic (exact) mass is 269 g/mol. The lowest BCUT2D eigenvalue weighted by Crippen LogP contribution is -2.13. The average Bonchev–Trinajstić information content (AvgIpc) is 2.89. The van der Waals surface area contributed by atoms with Crippen LogP contribution in [0, 0.1) is 5.92 Å². The summed E-state index contributed by atoms with van der Waals surface area (Å²) in [5, 5.41) is 0. The second-order valence-electron chi connectivity index (χ2n) is 5.07. The summed E-state index contributed by atoms with van der Waals surface area (Å²) in [6, 6.07) is 3.97. The van der Waals surface area contributed by atoms with Gasteiger partial charge in [-0.25, -0.2) is 4.98 Å². The number of halogens is 1. The molecule has 1 unspecified atom stereocenters. The smallest absolute Gasteiger partial charge is 0.213 e. The molecule has 0 N–H and O–H groups in total. The number of hydrogen-bond donors (Lipinski definition) is 0. The van der Waals surface area contributed by atoms with Crippen LogP contribution in [0.4, 0.5) is 0 Å². The number of rotatable bonds is 5. The first-order chi connectivity index (χ1) is 8.69. The lowest BCUT2D eigenvalue weighted by Gasteiger charge is -2.13. The van der Waals surface area contributed by atoms with Gasteiger partial charge in [0, 0.05) is 30.2 Å². The number of hydrogen-bond acceptors (Lipinski definition) is 3. The third-order valence-corrected chi connectivity index (χ3v) is 3.43. The van der Waals surface area contributed by atoms with Crippen LogP contribution in [-0.2, 0) is 10.6 Å². The molecule has 3 nitrogen and oxygen atoms in total. The Hall–Kier alpha value is -0.800. The van der Waals surface area contributed by atoms with E-state index in [1.807, 2.05) is 12.1 Å². The van der Waals surface area contributed by atoms with Crippen molar-refractivity contribution in [3.8, 4) is 5.88 Å². The SMILES string of the molecule is CC(C)c1cc(CCl)cc(OCC2CCOC2)n1. The molecule has 0 aliphatic carbocycles. The number of aromatic nitrogens is 1. The second kappa shape index (κ2) is 6.39. The van der Waals surface area contributed by atoms with Crippen molar-refractivity contribution in [1.82, 2.24) is 4.98 Å². The molecule has 0 saturated carbocycles. The third kappa shape index (κ3) is 3.59. The van der Waals surface area contributed by atoms with Gasteiger partial charge in [-0.05, 0) is 24.0 Å². The van der Waals surface area contributed by atoms with Crippen LogP contribution in [0.2, 0.25) is 0 Å². The molecule has 1 atom stereocenters. The van der Waals surface area contributed by atoms with Gasteiger partial charge < -0.3 is 9.47 Å². The minimum Gasteiger partial charge on any atom is -0.477 e. The van der Waals surface area contributed by atoms with Crippen molar-refractivity contribution in [3.05, 3.63) is 23.4 Å². The van der Waals surface area contributed by atoms with Crippen LogP contribution < -0.4 is 4.74 Å². The first kappa shape index (κ1) is 13.6. The largest absolute Gasteiger partial charge is 0.477 e. The first-order valence-corrected chi connectivity index (χ1v) is 7.00. The van der Waals surface area contributed by atoms with Gasteiger partial charge in [0.25, 0.3) is 0 Å². The van der Waals surface area contributed by atoms with E-state index in [0.29, 0.717) is 30.2 Å². The summed E-state index contributed by atoms with van der Waals surface area (Å²) in [4.78, 5) is 4.52. The van der Waals surface area contributed by atoms with Crippen molar-refractivity contribution >= 4 is 11.6 Å². The molecule has 0 amide bonds. The predicted octanol–water partition coefficient (Wildman–Crippen LogP) is 3.36. The van der Waals surface area contributed by atoms with E-state index in [0.717, 1.165) is 30.9 Å². The van der Waals surface area contributed by atoms with E-state index in [2.05, 4.69) is 18.8 Å². The highest BCUT2D eigenvalue weighted by atomic mass is 35.5. The van der Waals surface area contributed by atoms with Gasteiger partial charge in [0.2, 0.25) is 5.88 Å². The highest BCUT2D eigenvalue weighted by Crippen LogP contribution is 2.21. The lowest BCUT2D eigenvalue weighted by molar-refractivity contribution is 0.165. The maximum Gasteiger partial charge on any atom is 0.213 e. The Bertz CT molecular complexity index is 389. The highest BCUT2D eigenvalue weighted by Gasteiger charge is 2.17. The Kier molecular flexibility index (Phi) is 4.84. The van der Waals surface area contributed by atoms with E-state index in [1.165, 1.54) is 0 Å². The molecule has 1 saturated heterocycles. The summed E-state index contributed by atoms with van der Waals surface area (Å²) in [6.45, 7) is 6.56. The van der Waals surface area contributed by atoms with E-state index in [4.69, 9.17) is 21.1 Å². The Morgan fingerprint density at radius 1 is 1.50 bits per heavy atom. The molecule has 4 heteroatoms. The summed E-state index contributed by atoms with van der Waals surface area (Å²) in [6.07, 6.45) is 1.08. The van der Waals surface area contributed by atoms with Gasteiger partial charge in [-0.1, -0.05) is 13.8 Å². The molecule has 1 aliphatic rings. The normalized spacial score (nSPS) is 19.4. The average molecular weight is 270 g/mol. The molecule has 1 aromatic heterocycles. The van der Waals surface area contributed by atoms with E-state index in [9.17, 15) is 0 Å². The number of pyridine rings is 1. The summed E-state index contributed by atoms with van der Waals surface area (Å²) < 4.78 is 11.1. The van der Waals surface area contributed by atoms with Crippen molar-refractivity contribution in [2.45, 2.75) is 32.1 Å². The zero-order chi connectivity index (χ0) is 13.0. The molecule has 18 heavy (non-hydrogen) atoms. The fourth-order valence-corrected chi connectivity index (χ4v) is 2.10. The quantitative estimate of drug-likeness (QED) is 0.768. The fraction of sp³-hybridized carbons (Fsp3) is 0.643. The minimum atomic E-state index is 0.380. The van der Waals surface area contributed by atoms with Crippen molar-refractivity contribution in [3.63, 3.8) is 0 Å². The van der Waals surface area contributed by atoms with Crippen LogP contribution in [0.3, 0.4) is 0 Å². The van der Waals surface area contributed by atoms with Crippen LogP contribution in [0.25, 0.3) is 0 Å². The zero-order valence-corrected chi connectivity index (χ0v) is 11.7. The molecule has 1 fully saturated rings. The number of alkyl halides is 1. The Morgan fingerprint density at radius 2 is 2.33 bits per heavy atom. The molecule has 1 aliphatic heterocycles. The Labute approximate surface area is 113 Å². The molecule has 2 rings (SSSR count). The molecule has 2 heterocycles. The van der Waals surface area contributed by atoms with Crippen LogP contribution in [-0.4, -0.2) is 24.8 Å². The van der Waals surface area contributed by atoms with Crippen molar-refractivity contribution < 1.29 is 9.47 Å². The van der Waals surface area contributed by atoms with Crippen LogP contribution >= 0.6 is 11.6 Å². The van der Waals surface area contributed by atoms with Gasteiger partial charge in [-0.3, -0.25) is 0 Å². The standard InChI is InChI=1S/C14H20ClNO2/c1-10(2)13-5-12(7-15)6-14(16-13)18-9-11-3-4-17-8-11/h5-6,10-11H,3-4,7-9H2,1-2H3. The van der Waals surface area contributed by atoms with Crippen LogP contribution in [0.1, 0.15) is 37.4 Å². The summed E-state index contributed by atoms with van der Waals surface area (Å²) >= 11 is 5.90. The minimum absolute atomic E-state index is 0.380. The Morgan fingerprint density at radius 3 is 2.94 bits per heavy atom. The van der Waals surface area contributed by atoms with Gasteiger partial charge in [-0.2, -0.15) is 0 Å². The molecule has 1 aromatic rings. The summed E-state index contributed by atoms with van der Waals surface area (Å²) in [5.74, 6) is 2.05. The van der Waals surface area contributed by atoms with Crippen molar-refractivity contribution in [2.75, 3.05) is 19.8 Å². The van der Waals surface area contributed by atoms with E-state index >= 15 is 0 Å². The maximum absolute atomic E-state index is 5.90. The fourth-order valence-electron chi connectivity index (χ4n) is 1.95. The van der Waals surface area contributed by atoms with Crippen LogP contribution in [0.5, 0.6) is 5.88 Å². The highest BCUT2D eigenvalue weighted by molar-refractivity contribution is 6.17. The molecule has 0 radical (unpaired) electrons. The molecular weight excluding hydrogens is 250 g/mol. The van der Waals surface area contributed by atoms with E-state index in [1.54, 1.807) is 0 Å². The second-order valence-corrected chi connectivity index (χ2v) is 5.33. The lowest BCUT2D eigenvalue weighted by atomic mass is 10.1. The molecule has 0 bridgehead atoms. The van der Waals surface area contributed by atoms with Gasteiger partial charge in [-0.15, -0.1) is 11.6 Å². The number of nitrogens with zero attached hydrogens (tertiary/aromatic N) is 1. The van der Waals surface area contributed by atoms with E-state index < -0.39 is 0 Å². The van der Waals surface area contributed by atoms with Crippen molar-refractivity contribution in [2.24, 2.45) is 5.92 Å². The Balaban J connectivity index is 2.03. The van der Waals surface area contributed by atoms with Crippen LogP contribution in [0.15, 0.2) is 12.1 Å². The maximum atomic E-state index is 5.90. The van der Waals surface area contributed by atoms with Gasteiger partial charge >= 0.3 is 0 Å². The summed E-state index contributed by atoms with van der Waals surface area (Å²) in [5.41, 5.74) is 2.10. The number of ether oxygens (including phenoxy) is 2. The van der Waals surface area contributed by atoms with Gasteiger partial charge in [0.1, 0.15) is 0 Å². The van der Waals surface area contributed by atoms with Gasteiger partial charge in [0.05, 0.1) is 13.2 Å². The predicted molar refractivity (Wildman–Crippen MR) is 72.3 cm³/mol. The molecular formula is C14H20ClNO2.